The number of alkyl halides is 1. The number of nitrogens with zero attached hydrogens (tertiary/aromatic N) is 2. The molecule has 0 atom stereocenters. The molecule has 1 saturated heterocycles. The normalized spacial score (nSPS) is 18.8. The third-order valence-corrected chi connectivity index (χ3v) is 5.26. The molecule has 0 bridgehead atoms. The first-order chi connectivity index (χ1) is 7.50. The predicted molar refractivity (Wildman–Crippen MR) is 66.9 cm³/mol. The smallest absolute Gasteiger partial charge is 0.195 e. The summed E-state index contributed by atoms with van der Waals surface area (Å²) >= 11 is 5.62. The maximum absolute atomic E-state index is 12.3. The van der Waals surface area contributed by atoms with Gasteiger partial charge in [0.25, 0.3) is 10.2 Å². The highest BCUT2D eigenvalue weighted by Crippen LogP contribution is 2.18. The second-order valence-electron chi connectivity index (χ2n) is 4.36. The molecule has 1 fully saturated rings. The Morgan fingerprint density at radius 3 is 2.31 bits per heavy atom. The molecule has 1 rings (SSSR count). The van der Waals surface area contributed by atoms with Crippen LogP contribution in [-0.4, -0.2) is 48.6 Å². The van der Waals surface area contributed by atoms with E-state index >= 15 is 0 Å². The molecular formula is C10H21ClN2O2S. The van der Waals surface area contributed by atoms with E-state index in [2.05, 4.69) is 0 Å². The minimum atomic E-state index is -3.26. The molecule has 6 heteroatoms. The van der Waals surface area contributed by atoms with Gasteiger partial charge in [-0.3, -0.25) is 0 Å². The zero-order chi connectivity index (χ0) is 12.2. The van der Waals surface area contributed by atoms with Crippen LogP contribution >= 0.6 is 11.6 Å². The van der Waals surface area contributed by atoms with Crippen molar-refractivity contribution in [2.75, 3.05) is 25.5 Å². The maximum atomic E-state index is 12.3. The van der Waals surface area contributed by atoms with E-state index in [4.69, 9.17) is 11.6 Å². The molecule has 0 amide bonds. The highest BCUT2D eigenvalue weighted by molar-refractivity contribution is 7.86. The molecule has 0 radical (unpaired) electrons. The Morgan fingerprint density at radius 2 is 1.88 bits per heavy atom. The molecular weight excluding hydrogens is 248 g/mol. The molecule has 4 nitrogen and oxygen atoms in total. The third kappa shape index (κ3) is 3.32. The molecule has 0 aliphatic carbocycles. The minimum Gasteiger partial charge on any atom is -0.195 e. The summed E-state index contributed by atoms with van der Waals surface area (Å²) in [6.45, 7) is 5.64. The van der Waals surface area contributed by atoms with Crippen LogP contribution in [0.1, 0.15) is 33.1 Å². The molecule has 16 heavy (non-hydrogen) atoms. The van der Waals surface area contributed by atoms with E-state index in [1.807, 2.05) is 13.8 Å². The topological polar surface area (TPSA) is 40.6 Å². The van der Waals surface area contributed by atoms with Crippen molar-refractivity contribution >= 4 is 21.8 Å². The summed E-state index contributed by atoms with van der Waals surface area (Å²) in [7, 11) is -3.26. The van der Waals surface area contributed by atoms with Crippen molar-refractivity contribution in [3.8, 4) is 0 Å². The van der Waals surface area contributed by atoms with Gasteiger partial charge in [0.1, 0.15) is 0 Å². The van der Waals surface area contributed by atoms with E-state index in [1.165, 1.54) is 0 Å². The molecule has 96 valence electrons. The average Bonchev–Trinajstić information content (AvgIpc) is 2.70. The van der Waals surface area contributed by atoms with Crippen molar-refractivity contribution in [3.05, 3.63) is 0 Å². The summed E-state index contributed by atoms with van der Waals surface area (Å²) in [5, 5.41) is 0. The van der Waals surface area contributed by atoms with Crippen molar-refractivity contribution in [1.82, 2.24) is 8.61 Å². The summed E-state index contributed by atoms with van der Waals surface area (Å²) in [5.74, 6) is 0.499. The van der Waals surface area contributed by atoms with Crippen LogP contribution in [0.5, 0.6) is 0 Å². The Hall–Kier alpha value is 0.160. The molecule has 0 unspecified atom stereocenters. The first kappa shape index (κ1) is 14.2. The van der Waals surface area contributed by atoms with Crippen LogP contribution in [-0.2, 0) is 10.2 Å². The molecule has 0 saturated carbocycles. The second kappa shape index (κ2) is 6.19. The van der Waals surface area contributed by atoms with E-state index in [1.54, 1.807) is 8.61 Å². The van der Waals surface area contributed by atoms with Crippen molar-refractivity contribution in [1.29, 1.82) is 0 Å². The van der Waals surface area contributed by atoms with Gasteiger partial charge >= 0.3 is 0 Å². The van der Waals surface area contributed by atoms with Gasteiger partial charge < -0.3 is 0 Å². The summed E-state index contributed by atoms with van der Waals surface area (Å²) in [4.78, 5) is 0. The molecule has 1 aliphatic heterocycles. The van der Waals surface area contributed by atoms with E-state index in [0.717, 1.165) is 12.8 Å². The summed E-state index contributed by atoms with van der Waals surface area (Å²) < 4.78 is 27.7. The Balaban J connectivity index is 2.74. The van der Waals surface area contributed by atoms with Gasteiger partial charge in [-0.1, -0.05) is 0 Å². The van der Waals surface area contributed by atoms with Gasteiger partial charge in [-0.05, 0) is 33.1 Å². The van der Waals surface area contributed by atoms with Gasteiger partial charge in [0, 0.05) is 31.6 Å². The standard InChI is InChI=1S/C10H21ClN2O2S/c1-10(2)13(9-5-6-11)16(14,15)12-7-3-4-8-12/h10H,3-9H2,1-2H3. The van der Waals surface area contributed by atoms with Crippen molar-refractivity contribution in [2.24, 2.45) is 0 Å². The van der Waals surface area contributed by atoms with Crippen molar-refractivity contribution < 1.29 is 8.42 Å². The Labute approximate surface area is 104 Å². The Bertz CT molecular complexity index is 300. The quantitative estimate of drug-likeness (QED) is 0.688. The third-order valence-electron chi connectivity index (χ3n) is 2.78. The fraction of sp³-hybridized carbons (Fsp3) is 1.00. The number of halogens is 1. The average molecular weight is 269 g/mol. The van der Waals surface area contributed by atoms with Crippen LogP contribution < -0.4 is 0 Å². The molecule has 0 aromatic heterocycles. The van der Waals surface area contributed by atoms with Crippen LogP contribution in [0.4, 0.5) is 0 Å². The van der Waals surface area contributed by atoms with Crippen molar-refractivity contribution in [2.45, 2.75) is 39.2 Å². The number of hydrogen-bond acceptors (Lipinski definition) is 2. The van der Waals surface area contributed by atoms with Gasteiger partial charge in [0.05, 0.1) is 0 Å². The van der Waals surface area contributed by atoms with Gasteiger partial charge in [-0.2, -0.15) is 17.0 Å². The SMILES string of the molecule is CC(C)N(CCCCl)S(=O)(=O)N1CCCC1. The Kier molecular flexibility index (Phi) is 5.50. The molecule has 0 aromatic rings. The van der Waals surface area contributed by atoms with E-state index in [9.17, 15) is 8.42 Å². The van der Waals surface area contributed by atoms with E-state index in [-0.39, 0.29) is 6.04 Å². The fourth-order valence-corrected chi connectivity index (χ4v) is 3.95. The van der Waals surface area contributed by atoms with Crippen LogP contribution in [0.3, 0.4) is 0 Å². The van der Waals surface area contributed by atoms with Gasteiger partial charge in [0.15, 0.2) is 0 Å². The fourth-order valence-electron chi connectivity index (χ4n) is 1.92. The lowest BCUT2D eigenvalue weighted by Crippen LogP contribution is -2.46. The number of hydrogen-bond donors (Lipinski definition) is 0. The lowest BCUT2D eigenvalue weighted by Gasteiger charge is -2.29. The molecule has 1 heterocycles. The van der Waals surface area contributed by atoms with Crippen LogP contribution in [0.2, 0.25) is 0 Å². The molecule has 0 aromatic carbocycles. The number of rotatable bonds is 6. The molecule has 1 aliphatic rings. The maximum Gasteiger partial charge on any atom is 0.282 e. The van der Waals surface area contributed by atoms with Gasteiger partial charge in [0.2, 0.25) is 0 Å². The zero-order valence-corrected chi connectivity index (χ0v) is 11.6. The summed E-state index contributed by atoms with van der Waals surface area (Å²) in [6, 6.07) is -0.00573. The molecule has 0 N–H and O–H groups in total. The summed E-state index contributed by atoms with van der Waals surface area (Å²) in [6.07, 6.45) is 2.65. The minimum absolute atomic E-state index is 0.00573. The van der Waals surface area contributed by atoms with Crippen LogP contribution in [0.25, 0.3) is 0 Å². The van der Waals surface area contributed by atoms with Crippen LogP contribution in [0, 0.1) is 0 Å². The first-order valence-corrected chi connectivity index (χ1v) is 7.76. The summed E-state index contributed by atoms with van der Waals surface area (Å²) in [5.41, 5.74) is 0. The second-order valence-corrected chi connectivity index (χ2v) is 6.62. The highest BCUT2D eigenvalue weighted by atomic mass is 35.5. The highest BCUT2D eigenvalue weighted by Gasteiger charge is 2.32. The molecule has 0 spiro atoms. The van der Waals surface area contributed by atoms with Gasteiger partial charge in [-0.15, -0.1) is 11.6 Å². The lowest BCUT2D eigenvalue weighted by molar-refractivity contribution is 0.319. The zero-order valence-electron chi connectivity index (χ0n) is 10.0. The van der Waals surface area contributed by atoms with E-state index in [0.29, 0.717) is 31.9 Å². The van der Waals surface area contributed by atoms with Crippen LogP contribution in [0.15, 0.2) is 0 Å². The largest absolute Gasteiger partial charge is 0.282 e. The first-order valence-electron chi connectivity index (χ1n) is 5.83. The predicted octanol–water partition coefficient (Wildman–Crippen LogP) is 1.67. The lowest BCUT2D eigenvalue weighted by atomic mass is 10.4. The van der Waals surface area contributed by atoms with Gasteiger partial charge in [-0.25, -0.2) is 0 Å². The monoisotopic (exact) mass is 268 g/mol. The Morgan fingerprint density at radius 1 is 1.31 bits per heavy atom. The van der Waals surface area contributed by atoms with Crippen molar-refractivity contribution in [3.63, 3.8) is 0 Å². The van der Waals surface area contributed by atoms with E-state index < -0.39 is 10.2 Å².